The molecule has 0 radical (unpaired) electrons. The molecule has 0 amide bonds. The second-order valence-electron chi connectivity index (χ2n) is 4.29. The molecule has 0 N–H and O–H groups in total. The van der Waals surface area contributed by atoms with Gasteiger partial charge in [0, 0.05) is 26.1 Å². The number of hydrogen-bond donors (Lipinski definition) is 0. The van der Waals surface area contributed by atoms with Crippen molar-refractivity contribution in [3.05, 3.63) is 0 Å². The molecule has 16 heavy (non-hydrogen) atoms. The fourth-order valence-corrected chi connectivity index (χ4v) is 1.78. The highest BCUT2D eigenvalue weighted by atomic mass is 19.3. The van der Waals surface area contributed by atoms with Crippen LogP contribution in [0.15, 0.2) is 0 Å². The molecule has 0 aromatic carbocycles. The average molecular weight is 236 g/mol. The third-order valence-electron chi connectivity index (χ3n) is 3.07. The predicted molar refractivity (Wildman–Crippen MR) is 58.9 cm³/mol. The van der Waals surface area contributed by atoms with Gasteiger partial charge in [0.2, 0.25) is 5.92 Å². The van der Waals surface area contributed by atoms with Gasteiger partial charge in [-0.1, -0.05) is 6.92 Å². The third kappa shape index (κ3) is 4.34. The predicted octanol–water partition coefficient (Wildman–Crippen LogP) is 3.40. The van der Waals surface area contributed by atoms with E-state index < -0.39 is 5.92 Å². The SMILES string of the molecule is CCOC1CCC1OCCCC(F)(F)CC. The normalized spacial score (nSPS) is 25.5. The van der Waals surface area contributed by atoms with Crippen LogP contribution in [0.4, 0.5) is 8.78 Å². The lowest BCUT2D eigenvalue weighted by atomic mass is 9.92. The zero-order chi connectivity index (χ0) is 12.0. The monoisotopic (exact) mass is 236 g/mol. The van der Waals surface area contributed by atoms with Gasteiger partial charge in [-0.15, -0.1) is 0 Å². The topological polar surface area (TPSA) is 18.5 Å². The van der Waals surface area contributed by atoms with E-state index in [9.17, 15) is 8.78 Å². The highest BCUT2D eigenvalue weighted by molar-refractivity contribution is 4.82. The summed E-state index contributed by atoms with van der Waals surface area (Å²) in [6.45, 7) is 4.58. The van der Waals surface area contributed by atoms with Crippen molar-refractivity contribution in [3.63, 3.8) is 0 Å². The van der Waals surface area contributed by atoms with Crippen LogP contribution in [-0.4, -0.2) is 31.3 Å². The van der Waals surface area contributed by atoms with E-state index in [1.165, 1.54) is 6.92 Å². The Morgan fingerprint density at radius 1 is 1.12 bits per heavy atom. The summed E-state index contributed by atoms with van der Waals surface area (Å²) in [5.74, 6) is -2.53. The fourth-order valence-electron chi connectivity index (χ4n) is 1.78. The van der Waals surface area contributed by atoms with Gasteiger partial charge in [-0.25, -0.2) is 8.78 Å². The molecule has 1 rings (SSSR count). The van der Waals surface area contributed by atoms with E-state index in [0.717, 1.165) is 12.8 Å². The molecule has 0 bridgehead atoms. The molecule has 1 saturated carbocycles. The number of halogens is 2. The first kappa shape index (κ1) is 13.8. The van der Waals surface area contributed by atoms with Crippen LogP contribution < -0.4 is 0 Å². The zero-order valence-corrected chi connectivity index (χ0v) is 10.2. The van der Waals surface area contributed by atoms with Crippen LogP contribution >= 0.6 is 0 Å². The van der Waals surface area contributed by atoms with E-state index in [2.05, 4.69) is 0 Å². The highest BCUT2D eigenvalue weighted by Crippen LogP contribution is 2.28. The van der Waals surface area contributed by atoms with Crippen molar-refractivity contribution in [2.24, 2.45) is 0 Å². The number of alkyl halides is 2. The molecule has 2 nitrogen and oxygen atoms in total. The van der Waals surface area contributed by atoms with E-state index in [-0.39, 0.29) is 25.0 Å². The summed E-state index contributed by atoms with van der Waals surface area (Å²) < 4.78 is 36.7. The van der Waals surface area contributed by atoms with Crippen LogP contribution in [0, 0.1) is 0 Å². The summed E-state index contributed by atoms with van der Waals surface area (Å²) in [5, 5.41) is 0. The summed E-state index contributed by atoms with van der Waals surface area (Å²) in [5.41, 5.74) is 0. The Hall–Kier alpha value is -0.220. The Bertz CT molecular complexity index is 197. The second-order valence-corrected chi connectivity index (χ2v) is 4.29. The summed E-state index contributed by atoms with van der Waals surface area (Å²) in [4.78, 5) is 0. The van der Waals surface area contributed by atoms with E-state index in [0.29, 0.717) is 19.6 Å². The molecule has 0 spiro atoms. The minimum Gasteiger partial charge on any atom is -0.376 e. The molecule has 4 heteroatoms. The van der Waals surface area contributed by atoms with Crippen LogP contribution in [0.5, 0.6) is 0 Å². The molecule has 1 aliphatic rings. The Morgan fingerprint density at radius 2 is 1.75 bits per heavy atom. The Kier molecular flexibility index (Phi) is 5.62. The molecule has 0 aliphatic heterocycles. The smallest absolute Gasteiger partial charge is 0.248 e. The van der Waals surface area contributed by atoms with Crippen LogP contribution in [0.3, 0.4) is 0 Å². The van der Waals surface area contributed by atoms with E-state index in [1.807, 2.05) is 6.92 Å². The molecule has 0 aromatic heterocycles. The number of ether oxygens (including phenoxy) is 2. The Balaban J connectivity index is 2.03. The van der Waals surface area contributed by atoms with E-state index >= 15 is 0 Å². The summed E-state index contributed by atoms with van der Waals surface area (Å²) in [6.07, 6.45) is 2.62. The maximum atomic E-state index is 12.9. The van der Waals surface area contributed by atoms with Gasteiger partial charge in [-0.3, -0.25) is 0 Å². The molecular weight excluding hydrogens is 214 g/mol. The lowest BCUT2D eigenvalue weighted by Gasteiger charge is -2.35. The van der Waals surface area contributed by atoms with Gasteiger partial charge in [-0.05, 0) is 26.2 Å². The van der Waals surface area contributed by atoms with Crippen LogP contribution in [0.1, 0.15) is 46.0 Å². The minimum absolute atomic E-state index is 0.0739. The summed E-state index contributed by atoms with van der Waals surface area (Å²) in [7, 11) is 0. The third-order valence-corrected chi connectivity index (χ3v) is 3.07. The number of hydrogen-bond acceptors (Lipinski definition) is 2. The number of rotatable bonds is 8. The highest BCUT2D eigenvalue weighted by Gasteiger charge is 2.32. The van der Waals surface area contributed by atoms with Gasteiger partial charge in [0.05, 0.1) is 12.2 Å². The van der Waals surface area contributed by atoms with Gasteiger partial charge in [0.15, 0.2) is 0 Å². The van der Waals surface area contributed by atoms with Crippen molar-refractivity contribution in [1.82, 2.24) is 0 Å². The molecule has 0 aromatic rings. The minimum atomic E-state index is -2.53. The molecule has 1 aliphatic carbocycles. The fraction of sp³-hybridized carbons (Fsp3) is 1.00. The van der Waals surface area contributed by atoms with Gasteiger partial charge in [0.25, 0.3) is 0 Å². The van der Waals surface area contributed by atoms with Crippen molar-refractivity contribution in [2.75, 3.05) is 13.2 Å². The molecule has 0 heterocycles. The standard InChI is InChI=1S/C12H22F2O2/c1-3-12(13,14)8-5-9-16-11-7-6-10(11)15-4-2/h10-11H,3-9H2,1-2H3. The van der Waals surface area contributed by atoms with Crippen LogP contribution in [0.2, 0.25) is 0 Å². The second kappa shape index (κ2) is 6.50. The Labute approximate surface area is 96.3 Å². The first-order valence-electron chi connectivity index (χ1n) is 6.20. The van der Waals surface area contributed by atoms with Gasteiger partial charge in [-0.2, -0.15) is 0 Å². The van der Waals surface area contributed by atoms with Crippen molar-refractivity contribution in [2.45, 2.75) is 64.1 Å². The van der Waals surface area contributed by atoms with Gasteiger partial charge in [0.1, 0.15) is 0 Å². The van der Waals surface area contributed by atoms with E-state index in [4.69, 9.17) is 9.47 Å². The molecule has 2 unspecified atom stereocenters. The first-order valence-corrected chi connectivity index (χ1v) is 6.20. The summed E-state index contributed by atoms with van der Waals surface area (Å²) in [6, 6.07) is 0. The van der Waals surface area contributed by atoms with Crippen molar-refractivity contribution < 1.29 is 18.3 Å². The quantitative estimate of drug-likeness (QED) is 0.601. The maximum Gasteiger partial charge on any atom is 0.248 e. The maximum absolute atomic E-state index is 12.9. The lowest BCUT2D eigenvalue weighted by Crippen LogP contribution is -2.41. The van der Waals surface area contributed by atoms with Gasteiger partial charge >= 0.3 is 0 Å². The molecule has 2 atom stereocenters. The molecule has 1 fully saturated rings. The van der Waals surface area contributed by atoms with Crippen LogP contribution in [0.25, 0.3) is 0 Å². The largest absolute Gasteiger partial charge is 0.376 e. The van der Waals surface area contributed by atoms with Crippen molar-refractivity contribution >= 4 is 0 Å². The zero-order valence-electron chi connectivity index (χ0n) is 10.2. The van der Waals surface area contributed by atoms with Crippen molar-refractivity contribution in [3.8, 4) is 0 Å². The van der Waals surface area contributed by atoms with E-state index in [1.54, 1.807) is 0 Å². The molecule has 96 valence electrons. The molecular formula is C12H22F2O2. The first-order chi connectivity index (χ1) is 7.59. The summed E-state index contributed by atoms with van der Waals surface area (Å²) >= 11 is 0. The Morgan fingerprint density at radius 3 is 2.25 bits per heavy atom. The van der Waals surface area contributed by atoms with Crippen molar-refractivity contribution in [1.29, 1.82) is 0 Å². The van der Waals surface area contributed by atoms with Crippen LogP contribution in [-0.2, 0) is 9.47 Å². The average Bonchev–Trinajstić information content (AvgIpc) is 2.24. The molecule has 0 saturated heterocycles. The lowest BCUT2D eigenvalue weighted by molar-refractivity contribution is -0.128. The van der Waals surface area contributed by atoms with Gasteiger partial charge < -0.3 is 9.47 Å².